The number of ether oxygens (including phenoxy) is 1. The highest BCUT2D eigenvalue weighted by Gasteiger charge is 2.19. The minimum Gasteiger partial charge on any atom is -0.493 e. The van der Waals surface area contributed by atoms with Crippen molar-refractivity contribution in [2.45, 2.75) is 33.1 Å². The predicted octanol–water partition coefficient (Wildman–Crippen LogP) is 4.55. The van der Waals surface area contributed by atoms with Gasteiger partial charge in [-0.25, -0.2) is 4.39 Å². The lowest BCUT2D eigenvalue weighted by atomic mass is 10.1. The molecule has 1 fully saturated rings. The molecule has 0 unspecified atom stereocenters. The molecule has 138 valence electrons. The molecule has 1 amide bonds. The molecule has 5 heteroatoms. The zero-order chi connectivity index (χ0) is 18.5. The Morgan fingerprint density at radius 1 is 1.19 bits per heavy atom. The molecule has 0 bridgehead atoms. The Balaban J connectivity index is 1.84. The number of pyridine rings is 1. The highest BCUT2D eigenvalue weighted by atomic mass is 19.1. The maximum absolute atomic E-state index is 14.0. The maximum Gasteiger partial charge on any atom is 0.253 e. The van der Waals surface area contributed by atoms with Crippen molar-refractivity contribution in [1.29, 1.82) is 0 Å². The number of carbonyl (C=O) groups is 1. The first-order chi connectivity index (χ1) is 12.5. The summed E-state index contributed by atoms with van der Waals surface area (Å²) in [7, 11) is 0. The van der Waals surface area contributed by atoms with Gasteiger partial charge >= 0.3 is 0 Å². The van der Waals surface area contributed by atoms with E-state index >= 15 is 0 Å². The van der Waals surface area contributed by atoms with Gasteiger partial charge in [-0.05, 0) is 49.4 Å². The summed E-state index contributed by atoms with van der Waals surface area (Å²) in [5, 5.41) is 0. The van der Waals surface area contributed by atoms with Crippen LogP contribution in [0.1, 0.15) is 43.5 Å². The fourth-order valence-electron chi connectivity index (χ4n) is 3.06. The fourth-order valence-corrected chi connectivity index (χ4v) is 3.06. The lowest BCUT2D eigenvalue weighted by molar-refractivity contribution is 0.0724. The number of nitrogens with zero attached hydrogens (tertiary/aromatic N) is 2. The van der Waals surface area contributed by atoms with E-state index in [-0.39, 0.29) is 11.7 Å². The monoisotopic (exact) mass is 356 g/mol. The van der Waals surface area contributed by atoms with Crippen molar-refractivity contribution in [1.82, 2.24) is 9.88 Å². The van der Waals surface area contributed by atoms with Crippen molar-refractivity contribution in [3.8, 4) is 17.0 Å². The van der Waals surface area contributed by atoms with Crippen LogP contribution in [0.4, 0.5) is 4.39 Å². The van der Waals surface area contributed by atoms with E-state index in [1.807, 2.05) is 18.7 Å². The van der Waals surface area contributed by atoms with Crippen LogP contribution in [0.5, 0.6) is 5.75 Å². The minimum atomic E-state index is -0.379. The lowest BCUT2D eigenvalue weighted by Gasteiger charge is -2.26. The van der Waals surface area contributed by atoms with Gasteiger partial charge in [0.1, 0.15) is 11.6 Å². The first-order valence-corrected chi connectivity index (χ1v) is 9.22. The van der Waals surface area contributed by atoms with E-state index in [1.165, 1.54) is 18.6 Å². The van der Waals surface area contributed by atoms with Crippen LogP contribution in [0, 0.1) is 11.7 Å². The second-order valence-electron chi connectivity index (χ2n) is 7.16. The second kappa shape index (κ2) is 8.30. The van der Waals surface area contributed by atoms with Crippen LogP contribution in [0.15, 0.2) is 36.5 Å². The van der Waals surface area contributed by atoms with Crippen LogP contribution in [-0.2, 0) is 0 Å². The molecule has 1 aromatic carbocycles. The molecule has 1 aliphatic heterocycles. The molecule has 0 saturated carbocycles. The third-order valence-electron chi connectivity index (χ3n) is 4.40. The molecule has 1 saturated heterocycles. The SMILES string of the molecule is CC(C)COc1cc(F)cc(-c2cc(C(=O)N3CCCCC3)ccn2)c1. The van der Waals surface area contributed by atoms with E-state index in [2.05, 4.69) is 4.98 Å². The summed E-state index contributed by atoms with van der Waals surface area (Å²) in [6, 6.07) is 8.01. The van der Waals surface area contributed by atoms with Gasteiger partial charge in [0.05, 0.1) is 12.3 Å². The molecule has 0 atom stereocenters. The summed E-state index contributed by atoms with van der Waals surface area (Å²) in [4.78, 5) is 18.9. The fraction of sp³-hybridized carbons (Fsp3) is 0.429. The number of rotatable bonds is 5. The van der Waals surface area contributed by atoms with Crippen molar-refractivity contribution in [3.05, 3.63) is 47.9 Å². The molecular formula is C21H25FN2O2. The summed E-state index contributed by atoms with van der Waals surface area (Å²) < 4.78 is 19.6. The largest absolute Gasteiger partial charge is 0.493 e. The summed E-state index contributed by atoms with van der Waals surface area (Å²) in [6.07, 6.45) is 4.87. The van der Waals surface area contributed by atoms with E-state index in [0.717, 1.165) is 25.9 Å². The average molecular weight is 356 g/mol. The minimum absolute atomic E-state index is 0.0148. The summed E-state index contributed by atoms with van der Waals surface area (Å²) >= 11 is 0. The first kappa shape index (κ1) is 18.4. The number of amides is 1. The molecule has 4 nitrogen and oxygen atoms in total. The molecular weight excluding hydrogens is 331 g/mol. The van der Waals surface area contributed by atoms with E-state index in [9.17, 15) is 9.18 Å². The van der Waals surface area contributed by atoms with Gasteiger partial charge in [-0.1, -0.05) is 13.8 Å². The Bertz CT molecular complexity index is 770. The number of halogens is 1. The van der Waals surface area contributed by atoms with Gasteiger partial charge in [0.2, 0.25) is 0 Å². The Morgan fingerprint density at radius 3 is 2.69 bits per heavy atom. The molecule has 0 spiro atoms. The summed E-state index contributed by atoms with van der Waals surface area (Å²) in [5.74, 6) is 0.463. The van der Waals surface area contributed by atoms with Crippen molar-refractivity contribution < 1.29 is 13.9 Å². The van der Waals surface area contributed by atoms with E-state index in [0.29, 0.717) is 35.1 Å². The number of carbonyl (C=O) groups excluding carboxylic acids is 1. The van der Waals surface area contributed by atoms with Gasteiger partial charge in [-0.15, -0.1) is 0 Å². The maximum atomic E-state index is 14.0. The third-order valence-corrected chi connectivity index (χ3v) is 4.40. The van der Waals surface area contributed by atoms with Crippen LogP contribution >= 0.6 is 0 Å². The van der Waals surface area contributed by atoms with Gasteiger partial charge in [0.15, 0.2) is 0 Å². The number of hydrogen-bond donors (Lipinski definition) is 0. The second-order valence-corrected chi connectivity index (χ2v) is 7.16. The highest BCUT2D eigenvalue weighted by Crippen LogP contribution is 2.26. The normalized spacial score (nSPS) is 14.5. The van der Waals surface area contributed by atoms with Crippen LogP contribution in [0.3, 0.4) is 0 Å². The number of aromatic nitrogens is 1. The first-order valence-electron chi connectivity index (χ1n) is 9.22. The summed E-state index contributed by atoms with van der Waals surface area (Å²) in [6.45, 7) is 6.19. The Morgan fingerprint density at radius 2 is 1.96 bits per heavy atom. The Kier molecular flexibility index (Phi) is 5.86. The molecule has 2 heterocycles. The number of piperidine rings is 1. The van der Waals surface area contributed by atoms with Gasteiger partial charge in [0, 0.05) is 36.5 Å². The smallest absolute Gasteiger partial charge is 0.253 e. The topological polar surface area (TPSA) is 42.4 Å². The van der Waals surface area contributed by atoms with Gasteiger partial charge in [-0.2, -0.15) is 0 Å². The predicted molar refractivity (Wildman–Crippen MR) is 99.7 cm³/mol. The van der Waals surface area contributed by atoms with Crippen molar-refractivity contribution in [2.75, 3.05) is 19.7 Å². The molecule has 1 aliphatic rings. The van der Waals surface area contributed by atoms with Crippen molar-refractivity contribution in [2.24, 2.45) is 5.92 Å². The third kappa shape index (κ3) is 4.59. The van der Waals surface area contributed by atoms with Crippen molar-refractivity contribution in [3.63, 3.8) is 0 Å². The quantitative estimate of drug-likeness (QED) is 0.789. The van der Waals surface area contributed by atoms with E-state index in [1.54, 1.807) is 24.4 Å². The molecule has 0 aliphatic carbocycles. The average Bonchev–Trinajstić information content (AvgIpc) is 2.66. The van der Waals surface area contributed by atoms with Crippen molar-refractivity contribution >= 4 is 5.91 Å². The van der Waals surface area contributed by atoms with Gasteiger partial charge in [0.25, 0.3) is 5.91 Å². The lowest BCUT2D eigenvalue weighted by Crippen LogP contribution is -2.35. The molecule has 0 radical (unpaired) electrons. The van der Waals surface area contributed by atoms with Gasteiger partial charge in [-0.3, -0.25) is 9.78 Å². The van der Waals surface area contributed by atoms with Crippen LogP contribution in [0.25, 0.3) is 11.3 Å². The Labute approximate surface area is 154 Å². The molecule has 3 rings (SSSR count). The van der Waals surface area contributed by atoms with Crippen LogP contribution in [-0.4, -0.2) is 35.5 Å². The zero-order valence-corrected chi connectivity index (χ0v) is 15.4. The van der Waals surface area contributed by atoms with Gasteiger partial charge < -0.3 is 9.64 Å². The molecule has 0 N–H and O–H groups in total. The van der Waals surface area contributed by atoms with E-state index < -0.39 is 0 Å². The highest BCUT2D eigenvalue weighted by molar-refractivity contribution is 5.95. The zero-order valence-electron chi connectivity index (χ0n) is 15.4. The molecule has 26 heavy (non-hydrogen) atoms. The van der Waals surface area contributed by atoms with Crippen LogP contribution in [0.2, 0.25) is 0 Å². The summed E-state index contributed by atoms with van der Waals surface area (Å²) in [5.41, 5.74) is 1.77. The number of benzene rings is 1. The number of hydrogen-bond acceptors (Lipinski definition) is 3. The van der Waals surface area contributed by atoms with Crippen LogP contribution < -0.4 is 4.74 Å². The Hall–Kier alpha value is -2.43. The standard InChI is InChI=1S/C21H25FN2O2/c1-15(2)14-26-19-11-17(10-18(22)13-19)20-12-16(6-7-23-20)21(25)24-8-4-3-5-9-24/h6-7,10-13,15H,3-5,8-9,14H2,1-2H3. The van der Waals surface area contributed by atoms with E-state index in [4.69, 9.17) is 4.74 Å². The molecule has 1 aromatic heterocycles. The molecule has 2 aromatic rings. The number of likely N-dealkylation sites (tertiary alicyclic amines) is 1.